The van der Waals surface area contributed by atoms with Crippen molar-refractivity contribution >= 4 is 32.7 Å². The lowest BCUT2D eigenvalue weighted by Gasteiger charge is -2.31. The number of piperidine rings is 1. The van der Waals surface area contributed by atoms with Gasteiger partial charge in [-0.3, -0.25) is 4.21 Å². The molecule has 1 aromatic carbocycles. The molecule has 1 atom stereocenters. The van der Waals surface area contributed by atoms with Crippen molar-refractivity contribution in [3.8, 4) is 0 Å². The van der Waals surface area contributed by atoms with Crippen molar-refractivity contribution in [1.82, 2.24) is 5.06 Å². The molecule has 1 aliphatic heterocycles. The van der Waals surface area contributed by atoms with Crippen LogP contribution in [-0.4, -0.2) is 40.8 Å². The van der Waals surface area contributed by atoms with Crippen LogP contribution in [0.3, 0.4) is 0 Å². The Bertz CT molecular complexity index is 616. The number of hydrogen-bond acceptors (Lipinski definition) is 4. The van der Waals surface area contributed by atoms with E-state index in [-0.39, 0.29) is 19.0 Å². The second kappa shape index (κ2) is 7.31. The number of hydroxylamine groups is 2. The summed E-state index contributed by atoms with van der Waals surface area (Å²) in [6.45, 7) is 0.406. The van der Waals surface area contributed by atoms with Crippen molar-refractivity contribution in [2.75, 3.05) is 19.3 Å². The van der Waals surface area contributed by atoms with Gasteiger partial charge in [0.05, 0.1) is 10.8 Å². The highest BCUT2D eigenvalue weighted by molar-refractivity contribution is 9.10. The van der Waals surface area contributed by atoms with E-state index in [0.29, 0.717) is 12.8 Å². The van der Waals surface area contributed by atoms with Crippen molar-refractivity contribution in [2.45, 2.75) is 29.8 Å². The summed E-state index contributed by atoms with van der Waals surface area (Å²) < 4.78 is 49.3. The number of hydrogen-bond donors (Lipinski definition) is 0. The average Bonchev–Trinajstić information content (AvgIpc) is 2.46. The van der Waals surface area contributed by atoms with Crippen LogP contribution in [-0.2, 0) is 20.4 Å². The fraction of sp³-hybridized carbons (Fsp3) is 0.500. The Morgan fingerprint density at radius 1 is 1.35 bits per heavy atom. The van der Waals surface area contributed by atoms with Gasteiger partial charge in [-0.15, -0.1) is 5.06 Å². The first-order valence-corrected chi connectivity index (χ1v) is 9.20. The molecule has 0 aromatic heterocycles. The first-order chi connectivity index (χ1) is 10.7. The molecule has 1 heterocycles. The number of nitrogens with zero attached hydrogens (tertiary/aromatic N) is 1. The Morgan fingerprint density at radius 2 is 1.96 bits per heavy atom. The molecule has 9 heteroatoms. The maximum atomic E-state index is 12.2. The molecular weight excluding hydrogens is 399 g/mol. The van der Waals surface area contributed by atoms with Gasteiger partial charge >= 0.3 is 12.1 Å². The van der Waals surface area contributed by atoms with Crippen LogP contribution in [0.25, 0.3) is 0 Å². The fourth-order valence-electron chi connectivity index (χ4n) is 2.53. The Kier molecular flexibility index (Phi) is 5.85. The van der Waals surface area contributed by atoms with Gasteiger partial charge in [0.2, 0.25) is 0 Å². The second-order valence-electron chi connectivity index (χ2n) is 5.22. The highest BCUT2D eigenvalue weighted by Crippen LogP contribution is 2.34. The van der Waals surface area contributed by atoms with Crippen molar-refractivity contribution in [1.29, 1.82) is 0 Å². The first kappa shape index (κ1) is 18.4. The molecule has 0 saturated carbocycles. The van der Waals surface area contributed by atoms with Crippen LogP contribution in [0.2, 0.25) is 0 Å². The highest BCUT2D eigenvalue weighted by atomic mass is 79.9. The third-order valence-corrected chi connectivity index (χ3v) is 5.10. The summed E-state index contributed by atoms with van der Waals surface area (Å²) in [7, 11) is -1.15. The first-order valence-electron chi connectivity index (χ1n) is 6.85. The fourth-order valence-corrected chi connectivity index (χ4v) is 3.72. The maximum Gasteiger partial charge on any atom is 0.492 e. The van der Waals surface area contributed by atoms with Gasteiger partial charge in [-0.25, -0.2) is 4.79 Å². The minimum absolute atomic E-state index is 0.0623. The van der Waals surface area contributed by atoms with E-state index >= 15 is 0 Å². The number of rotatable bonds is 3. The molecule has 23 heavy (non-hydrogen) atoms. The molecule has 0 bridgehead atoms. The summed E-state index contributed by atoms with van der Waals surface area (Å²) in [5, 5.41) is 1.03. The smallest absolute Gasteiger partial charge is 0.361 e. The molecule has 1 unspecified atom stereocenters. The molecule has 1 saturated heterocycles. The van der Waals surface area contributed by atoms with E-state index < -0.39 is 22.9 Å². The van der Waals surface area contributed by atoms with E-state index in [1.54, 1.807) is 18.4 Å². The molecule has 4 nitrogen and oxygen atoms in total. The predicted molar refractivity (Wildman–Crippen MR) is 82.2 cm³/mol. The van der Waals surface area contributed by atoms with E-state index in [0.717, 1.165) is 20.0 Å². The SMILES string of the molecule is CS(=O)c1ccc(Br)cc1C1CCN(OC(=O)C(F)(F)F)CC1. The number of alkyl halides is 3. The van der Waals surface area contributed by atoms with Gasteiger partial charge in [0, 0.05) is 28.7 Å². The summed E-state index contributed by atoms with van der Waals surface area (Å²) >= 11 is 3.37. The van der Waals surface area contributed by atoms with E-state index in [4.69, 9.17) is 0 Å². The molecular formula is C14H15BrF3NO3S. The van der Waals surface area contributed by atoms with E-state index in [1.165, 1.54) is 0 Å². The van der Waals surface area contributed by atoms with Gasteiger partial charge in [0.25, 0.3) is 0 Å². The Balaban J connectivity index is 2.04. The molecule has 1 aliphatic rings. The topological polar surface area (TPSA) is 46.6 Å². The quantitative estimate of drug-likeness (QED) is 0.761. The van der Waals surface area contributed by atoms with E-state index in [1.807, 2.05) is 6.07 Å². The summed E-state index contributed by atoms with van der Waals surface area (Å²) in [4.78, 5) is 15.9. The van der Waals surface area contributed by atoms with Crippen LogP contribution in [0.5, 0.6) is 0 Å². The molecule has 128 valence electrons. The van der Waals surface area contributed by atoms with Gasteiger partial charge in [-0.05, 0) is 42.5 Å². The molecule has 1 fully saturated rings. The van der Waals surface area contributed by atoms with E-state index in [9.17, 15) is 22.2 Å². The maximum absolute atomic E-state index is 12.2. The van der Waals surface area contributed by atoms with Crippen molar-refractivity contribution < 1.29 is 27.0 Å². The van der Waals surface area contributed by atoms with Crippen molar-refractivity contribution in [3.63, 3.8) is 0 Å². The minimum atomic E-state index is -4.99. The average molecular weight is 414 g/mol. The standard InChI is InChI=1S/C14H15BrF3NO3S/c1-23(21)12-3-2-10(15)8-11(12)9-4-6-19(7-5-9)22-13(20)14(16,17)18/h2-3,8-9H,4-7H2,1H3. The lowest BCUT2D eigenvalue weighted by atomic mass is 9.90. The highest BCUT2D eigenvalue weighted by Gasteiger charge is 2.43. The molecule has 0 N–H and O–H groups in total. The van der Waals surface area contributed by atoms with Gasteiger partial charge in [-0.2, -0.15) is 13.2 Å². The van der Waals surface area contributed by atoms with Crippen LogP contribution >= 0.6 is 15.9 Å². The third-order valence-electron chi connectivity index (χ3n) is 3.62. The largest absolute Gasteiger partial charge is 0.492 e. The molecule has 0 radical (unpaired) electrons. The lowest BCUT2D eigenvalue weighted by Crippen LogP contribution is -2.39. The number of carbonyl (C=O) groups is 1. The van der Waals surface area contributed by atoms with Crippen LogP contribution in [0, 0.1) is 0 Å². The van der Waals surface area contributed by atoms with Crippen LogP contribution in [0.1, 0.15) is 24.3 Å². The summed E-state index contributed by atoms with van der Waals surface area (Å²) in [6.07, 6.45) is -2.36. The van der Waals surface area contributed by atoms with Gasteiger partial charge in [0.1, 0.15) is 0 Å². The Labute approximate surface area is 142 Å². The number of benzene rings is 1. The van der Waals surface area contributed by atoms with Gasteiger partial charge in [0.15, 0.2) is 0 Å². The second-order valence-corrected chi connectivity index (χ2v) is 7.48. The third kappa shape index (κ3) is 4.77. The van der Waals surface area contributed by atoms with E-state index in [2.05, 4.69) is 20.8 Å². The molecule has 0 amide bonds. The minimum Gasteiger partial charge on any atom is -0.361 e. The molecule has 2 rings (SSSR count). The van der Waals surface area contributed by atoms with Crippen LogP contribution in [0.4, 0.5) is 13.2 Å². The zero-order valence-corrected chi connectivity index (χ0v) is 14.6. The van der Waals surface area contributed by atoms with Gasteiger partial charge in [-0.1, -0.05) is 15.9 Å². The molecule has 1 aromatic rings. The van der Waals surface area contributed by atoms with Crippen LogP contribution in [0.15, 0.2) is 27.6 Å². The lowest BCUT2D eigenvalue weighted by molar-refractivity contribution is -0.241. The predicted octanol–water partition coefficient (Wildman–Crippen LogP) is 3.39. The monoisotopic (exact) mass is 413 g/mol. The number of carbonyl (C=O) groups excluding carboxylic acids is 1. The van der Waals surface area contributed by atoms with Crippen molar-refractivity contribution in [3.05, 3.63) is 28.2 Å². The Hall–Kier alpha value is -0.930. The summed E-state index contributed by atoms with van der Waals surface area (Å²) in [5.41, 5.74) is 0.919. The summed E-state index contributed by atoms with van der Waals surface area (Å²) in [6, 6.07) is 5.48. The molecule has 0 spiro atoms. The number of halogens is 4. The summed E-state index contributed by atoms with van der Waals surface area (Å²) in [5.74, 6) is -2.14. The Morgan fingerprint density at radius 3 is 2.48 bits per heavy atom. The van der Waals surface area contributed by atoms with Crippen molar-refractivity contribution in [2.24, 2.45) is 0 Å². The zero-order valence-electron chi connectivity index (χ0n) is 12.2. The normalized spacial score (nSPS) is 18.7. The van der Waals surface area contributed by atoms with Crippen LogP contribution < -0.4 is 0 Å². The molecule has 0 aliphatic carbocycles. The zero-order chi connectivity index (χ0) is 17.2. The van der Waals surface area contributed by atoms with Gasteiger partial charge < -0.3 is 4.84 Å².